The van der Waals surface area contributed by atoms with Gasteiger partial charge in [-0.15, -0.1) is 0 Å². The van der Waals surface area contributed by atoms with Gasteiger partial charge in [0.05, 0.1) is 12.9 Å². The summed E-state index contributed by atoms with van der Waals surface area (Å²) in [6.07, 6.45) is -3.69. The number of phosphoric ester groups is 1. The summed E-state index contributed by atoms with van der Waals surface area (Å²) in [4.78, 5) is 47.2. The van der Waals surface area contributed by atoms with E-state index in [0.29, 0.717) is 0 Å². The van der Waals surface area contributed by atoms with Gasteiger partial charge in [0.25, 0.3) is 0 Å². The highest BCUT2D eigenvalue weighted by Gasteiger charge is 2.47. The third kappa shape index (κ3) is 7.03. The minimum Gasteiger partial charge on any atom is -0.412 e. The van der Waals surface area contributed by atoms with Crippen molar-refractivity contribution in [3.05, 3.63) is 12.7 Å². The topological polar surface area (TPSA) is 342 Å². The lowest BCUT2D eigenvalue weighted by Gasteiger charge is -2.19. The van der Waals surface area contributed by atoms with Gasteiger partial charge in [-0.2, -0.15) is 8.62 Å². The van der Waals surface area contributed by atoms with Gasteiger partial charge >= 0.3 is 23.5 Å². The summed E-state index contributed by atoms with van der Waals surface area (Å²) in [5.74, 6) is 0.0426. The number of fused-ring (bicyclic) bond motifs is 1. The van der Waals surface area contributed by atoms with Crippen LogP contribution in [0.3, 0.4) is 0 Å². The molecule has 190 valence electrons. The molecule has 6 atom stereocenters. The molecule has 0 aromatic carbocycles. The van der Waals surface area contributed by atoms with E-state index in [9.17, 15) is 28.8 Å². The summed E-state index contributed by atoms with van der Waals surface area (Å²) in [7, 11) is -16.7. The summed E-state index contributed by atoms with van der Waals surface area (Å²) in [5.41, 5.74) is 6.00. The molecule has 0 spiro atoms. The van der Waals surface area contributed by atoms with Crippen molar-refractivity contribution in [1.29, 1.82) is 0 Å². The van der Waals surface area contributed by atoms with Crippen molar-refractivity contribution in [1.82, 2.24) is 19.5 Å². The number of imidazole rings is 1. The Labute approximate surface area is 182 Å². The molecular formula is C10H20N5O15P3. The average molecular weight is 543 g/mol. The Bertz CT molecular complexity index is 1110. The summed E-state index contributed by atoms with van der Waals surface area (Å²) < 4.78 is 51.9. The molecule has 0 saturated carbocycles. The molecule has 2 aromatic heterocycles. The van der Waals surface area contributed by atoms with Crippen molar-refractivity contribution in [3.8, 4) is 0 Å². The van der Waals surface area contributed by atoms with E-state index in [2.05, 4.69) is 28.1 Å². The first kappa shape index (κ1) is 29.6. The molecule has 0 radical (unpaired) electrons. The fraction of sp³-hybridized carbons (Fsp3) is 0.500. The monoisotopic (exact) mass is 543 g/mol. The van der Waals surface area contributed by atoms with Gasteiger partial charge in [0, 0.05) is 0 Å². The van der Waals surface area contributed by atoms with Crippen LogP contribution < -0.4 is 5.73 Å². The second kappa shape index (κ2) is 10.4. The molecule has 2 aromatic rings. The maximum Gasteiger partial charge on any atom is 0.490 e. The molecule has 1 aliphatic heterocycles. The Kier molecular flexibility index (Phi) is 9.37. The highest BCUT2D eigenvalue weighted by atomic mass is 31.3. The second-order valence-electron chi connectivity index (χ2n) is 6.02. The Morgan fingerprint density at radius 3 is 2.24 bits per heavy atom. The van der Waals surface area contributed by atoms with Gasteiger partial charge < -0.3 is 51.2 Å². The van der Waals surface area contributed by atoms with E-state index in [1.54, 1.807) is 0 Å². The lowest BCUT2D eigenvalue weighted by molar-refractivity contribution is -0.0503. The number of aliphatic hydroxyl groups excluding tert-OH is 2. The molecule has 0 amide bonds. The van der Waals surface area contributed by atoms with Crippen molar-refractivity contribution in [2.45, 2.75) is 24.5 Å². The van der Waals surface area contributed by atoms with Gasteiger partial charge in [-0.1, -0.05) is 0 Å². The average Bonchev–Trinajstić information content (AvgIpc) is 3.13. The van der Waals surface area contributed by atoms with E-state index in [1.165, 1.54) is 10.9 Å². The van der Waals surface area contributed by atoms with Crippen molar-refractivity contribution >= 4 is 40.4 Å². The van der Waals surface area contributed by atoms with Crippen LogP contribution in [0.5, 0.6) is 0 Å². The molecular weight excluding hydrogens is 523 g/mol. The smallest absolute Gasteiger partial charge is 0.412 e. The Balaban J connectivity index is 0.00000272. The zero-order chi connectivity index (χ0) is 23.2. The molecule has 23 heteroatoms. The number of nitrogen functional groups attached to an aromatic ring is 1. The summed E-state index contributed by atoms with van der Waals surface area (Å²) in [6.45, 7) is -0.956. The first-order chi connectivity index (χ1) is 14.2. The molecule has 1 fully saturated rings. The number of aromatic nitrogens is 4. The third-order valence-electron chi connectivity index (χ3n) is 3.82. The number of nitrogens with two attached hydrogens (primary N) is 1. The number of rotatable bonds is 8. The van der Waals surface area contributed by atoms with E-state index in [1.807, 2.05) is 0 Å². The predicted molar refractivity (Wildman–Crippen MR) is 103 cm³/mol. The van der Waals surface area contributed by atoms with Crippen molar-refractivity contribution < 1.29 is 72.3 Å². The van der Waals surface area contributed by atoms with E-state index in [4.69, 9.17) is 25.2 Å². The molecule has 1 saturated heterocycles. The van der Waals surface area contributed by atoms with Crippen LogP contribution in [0.15, 0.2) is 12.7 Å². The van der Waals surface area contributed by atoms with Crippen LogP contribution in [-0.4, -0.2) is 85.2 Å². The van der Waals surface area contributed by atoms with Gasteiger partial charge in [-0.05, 0) is 0 Å². The van der Waals surface area contributed by atoms with Gasteiger partial charge in [0.15, 0.2) is 17.7 Å². The highest BCUT2D eigenvalue weighted by Crippen LogP contribution is 2.66. The van der Waals surface area contributed by atoms with Crippen LogP contribution in [0.25, 0.3) is 11.2 Å². The fourth-order valence-corrected chi connectivity index (χ4v) is 5.65. The van der Waals surface area contributed by atoms with Gasteiger partial charge in [-0.25, -0.2) is 28.6 Å². The molecule has 0 aliphatic carbocycles. The zero-order valence-electron chi connectivity index (χ0n) is 15.9. The fourth-order valence-electron chi connectivity index (χ4n) is 2.62. The predicted octanol–water partition coefficient (Wildman–Crippen LogP) is -3.28. The lowest BCUT2D eigenvalue weighted by atomic mass is 10.1. The number of ether oxygens (including phenoxy) is 1. The summed E-state index contributed by atoms with van der Waals surface area (Å²) in [6, 6.07) is 0. The third-order valence-corrected chi connectivity index (χ3v) is 7.62. The zero-order valence-corrected chi connectivity index (χ0v) is 18.6. The minimum atomic E-state index is -5.70. The Morgan fingerprint density at radius 2 is 1.64 bits per heavy atom. The number of aliphatic hydroxyl groups is 2. The molecule has 0 bridgehead atoms. The van der Waals surface area contributed by atoms with E-state index in [0.717, 1.165) is 6.33 Å². The number of phosphoric acid groups is 3. The number of hydrogen-bond acceptors (Lipinski definition) is 13. The molecule has 12 N–H and O–H groups in total. The molecule has 1 aliphatic rings. The van der Waals surface area contributed by atoms with Crippen LogP contribution in [0.2, 0.25) is 0 Å². The Hall–Kier alpha value is -1.44. The van der Waals surface area contributed by atoms with Crippen LogP contribution >= 0.6 is 23.5 Å². The molecule has 3 unspecified atom stereocenters. The minimum absolute atomic E-state index is 0. The van der Waals surface area contributed by atoms with Crippen LogP contribution in [0.1, 0.15) is 6.23 Å². The quantitative estimate of drug-likeness (QED) is 0.160. The lowest BCUT2D eigenvalue weighted by Crippen LogP contribution is -2.33. The maximum absolute atomic E-state index is 11.8. The second-order valence-corrected chi connectivity index (χ2v) is 10.4. The molecule has 33 heavy (non-hydrogen) atoms. The maximum atomic E-state index is 11.8. The first-order valence-electron chi connectivity index (χ1n) is 7.92. The van der Waals surface area contributed by atoms with Crippen molar-refractivity contribution in [3.63, 3.8) is 0 Å². The van der Waals surface area contributed by atoms with Crippen LogP contribution in [0, 0.1) is 0 Å². The van der Waals surface area contributed by atoms with Crippen LogP contribution in [-0.2, 0) is 31.6 Å². The van der Waals surface area contributed by atoms with E-state index < -0.39 is 54.6 Å². The molecule has 3 rings (SSSR count). The molecule has 20 nitrogen and oxygen atoms in total. The van der Waals surface area contributed by atoms with Gasteiger partial charge in [0.1, 0.15) is 30.2 Å². The highest BCUT2D eigenvalue weighted by molar-refractivity contribution is 7.66. The molecule has 3 heterocycles. The number of nitrogens with zero attached hydrogens (tertiary/aromatic N) is 4. The van der Waals surface area contributed by atoms with E-state index >= 15 is 0 Å². The van der Waals surface area contributed by atoms with Gasteiger partial charge in [0.2, 0.25) is 0 Å². The first-order valence-corrected chi connectivity index (χ1v) is 12.4. The van der Waals surface area contributed by atoms with Gasteiger partial charge in [-0.3, -0.25) is 9.09 Å². The summed E-state index contributed by atoms with van der Waals surface area (Å²) >= 11 is 0. The number of hydrogen-bond donors (Lipinski definition) is 7. The van der Waals surface area contributed by atoms with Crippen LogP contribution in [0.4, 0.5) is 5.82 Å². The normalized spacial score (nSPS) is 26.7. The standard InChI is InChI=1S/C10H16N5O13P3.2H2O/c11-8-5-9(13-2-12-8)15(3-14-5)10-7(17)6(16)4(26-10)1-25-30(21,22)28-31(23,24)27-29(18,19)20;;/h2-4,6-7,10,16-17H,1H2,(H,21,22)(H,23,24)(H2,11,12,13)(H2,18,19,20);2*1H2/t4-,6-,7-,10?;;/m1../s1. The Morgan fingerprint density at radius 1 is 1.00 bits per heavy atom. The SMILES string of the molecule is Nc1ncnc2c1ncn2C1O[C@H](COP(=O)(O)OP(=O)(O)OP(=O)(O)O)[C@@H](O)[C@H]1O.O.O. The summed E-state index contributed by atoms with van der Waals surface area (Å²) in [5, 5.41) is 20.4. The van der Waals surface area contributed by atoms with Crippen molar-refractivity contribution in [2.75, 3.05) is 12.3 Å². The largest absolute Gasteiger partial charge is 0.490 e. The van der Waals surface area contributed by atoms with Crippen molar-refractivity contribution in [2.24, 2.45) is 0 Å². The van der Waals surface area contributed by atoms with E-state index in [-0.39, 0.29) is 27.9 Å². The number of anilines is 1.